The van der Waals surface area contributed by atoms with Crippen LogP contribution in [-0.2, 0) is 26.4 Å². The smallest absolute Gasteiger partial charge is 0.193 e. The number of nitrogens with zero attached hydrogens (tertiary/aromatic N) is 4. The number of methoxy groups -OCH3 is 2. The fourth-order valence-corrected chi connectivity index (χ4v) is 4.38. The summed E-state index contributed by atoms with van der Waals surface area (Å²) in [4.78, 5) is 6.89. The summed E-state index contributed by atoms with van der Waals surface area (Å²) in [6.07, 6.45) is 2.99. The van der Waals surface area contributed by atoms with E-state index in [0.717, 1.165) is 56.4 Å². The van der Waals surface area contributed by atoms with Gasteiger partial charge < -0.3 is 19.7 Å². The van der Waals surface area contributed by atoms with Gasteiger partial charge in [-0.15, -0.1) is 24.0 Å². The first kappa shape index (κ1) is 25.3. The number of hydrogen-bond donors (Lipinski definition) is 1. The van der Waals surface area contributed by atoms with E-state index in [1.54, 1.807) is 14.2 Å². The molecule has 172 valence electrons. The Labute approximate surface area is 203 Å². The summed E-state index contributed by atoms with van der Waals surface area (Å²) in [7, 11) is 7.27. The average molecular weight is 541 g/mol. The normalized spacial score (nSPS) is 16.3. The van der Waals surface area contributed by atoms with Gasteiger partial charge in [0, 0.05) is 57.0 Å². The van der Waals surface area contributed by atoms with Gasteiger partial charge in [-0.1, -0.05) is 13.8 Å². The molecule has 1 aliphatic heterocycles. The van der Waals surface area contributed by atoms with E-state index in [4.69, 9.17) is 9.47 Å². The number of benzene rings is 1. The molecule has 31 heavy (non-hydrogen) atoms. The minimum absolute atomic E-state index is 0. The Morgan fingerprint density at radius 2 is 1.84 bits per heavy atom. The van der Waals surface area contributed by atoms with Gasteiger partial charge in [0.15, 0.2) is 5.96 Å². The Hall–Kier alpha value is -1.97. The molecular weight excluding hydrogens is 505 g/mol. The summed E-state index contributed by atoms with van der Waals surface area (Å²) in [5.74, 6) is 3.03. The second-order valence-corrected chi connectivity index (χ2v) is 7.68. The number of halogens is 1. The van der Waals surface area contributed by atoms with Crippen LogP contribution in [0.1, 0.15) is 48.7 Å². The highest BCUT2D eigenvalue weighted by atomic mass is 127. The zero-order valence-corrected chi connectivity index (χ0v) is 21.9. The number of hydrogen-bond acceptors (Lipinski definition) is 4. The molecule has 0 amide bonds. The Bertz CT molecular complexity index is 874. The third-order valence-electron chi connectivity index (χ3n) is 6.00. The number of nitrogens with one attached hydrogen (secondary N) is 1. The topological polar surface area (TPSA) is 63.9 Å². The van der Waals surface area contributed by atoms with Crippen LogP contribution in [0.4, 0.5) is 0 Å². The van der Waals surface area contributed by atoms with E-state index in [0.29, 0.717) is 5.92 Å². The molecule has 3 rings (SSSR count). The lowest BCUT2D eigenvalue weighted by Crippen LogP contribution is -2.39. The van der Waals surface area contributed by atoms with Crippen molar-refractivity contribution in [2.45, 2.75) is 45.6 Å². The fraction of sp³-hybridized carbons (Fsp3) is 0.565. The van der Waals surface area contributed by atoms with Crippen molar-refractivity contribution in [2.24, 2.45) is 12.0 Å². The van der Waals surface area contributed by atoms with Crippen molar-refractivity contribution >= 4 is 29.9 Å². The van der Waals surface area contributed by atoms with Crippen LogP contribution in [0.15, 0.2) is 23.2 Å². The van der Waals surface area contributed by atoms with E-state index in [9.17, 15) is 0 Å². The van der Waals surface area contributed by atoms with Crippen LogP contribution in [-0.4, -0.2) is 55.0 Å². The van der Waals surface area contributed by atoms with Gasteiger partial charge in [-0.25, -0.2) is 0 Å². The highest BCUT2D eigenvalue weighted by Gasteiger charge is 2.27. The van der Waals surface area contributed by atoms with Crippen LogP contribution in [0.5, 0.6) is 11.5 Å². The first-order valence-electron chi connectivity index (χ1n) is 10.8. The van der Waals surface area contributed by atoms with Gasteiger partial charge in [-0.3, -0.25) is 9.67 Å². The van der Waals surface area contributed by atoms with E-state index in [-0.39, 0.29) is 24.0 Å². The molecule has 1 aromatic carbocycles. The van der Waals surface area contributed by atoms with E-state index in [1.165, 1.54) is 22.5 Å². The van der Waals surface area contributed by atoms with Crippen molar-refractivity contribution in [1.29, 1.82) is 0 Å². The van der Waals surface area contributed by atoms with Crippen LogP contribution in [0.2, 0.25) is 0 Å². The van der Waals surface area contributed by atoms with Crippen molar-refractivity contribution < 1.29 is 9.47 Å². The van der Waals surface area contributed by atoms with Crippen molar-refractivity contribution in [2.75, 3.05) is 34.4 Å². The van der Waals surface area contributed by atoms with Crippen LogP contribution in [0.3, 0.4) is 0 Å². The lowest BCUT2D eigenvalue weighted by atomic mass is 9.98. The summed E-state index contributed by atoms with van der Waals surface area (Å²) in [6.45, 7) is 6.99. The lowest BCUT2D eigenvalue weighted by Gasteiger charge is -2.22. The molecule has 1 unspecified atom stereocenters. The molecule has 0 spiro atoms. The number of likely N-dealkylation sites (tertiary alicyclic amines) is 1. The zero-order chi connectivity index (χ0) is 21.7. The minimum atomic E-state index is 0. The summed E-state index contributed by atoms with van der Waals surface area (Å²) in [5, 5.41) is 8.27. The summed E-state index contributed by atoms with van der Waals surface area (Å²) >= 11 is 0. The molecule has 0 aliphatic carbocycles. The minimum Gasteiger partial charge on any atom is -0.497 e. The number of aromatic nitrogens is 2. The van der Waals surface area contributed by atoms with Gasteiger partial charge in [0.2, 0.25) is 0 Å². The molecule has 0 radical (unpaired) electrons. The summed E-state index contributed by atoms with van der Waals surface area (Å²) < 4.78 is 12.9. The molecule has 1 N–H and O–H groups in total. The number of aryl methyl sites for hydroxylation is 2. The molecule has 1 atom stereocenters. The Balaban J connectivity index is 0.00000341. The highest BCUT2D eigenvalue weighted by molar-refractivity contribution is 14.0. The third-order valence-corrected chi connectivity index (χ3v) is 6.00. The van der Waals surface area contributed by atoms with Crippen LogP contribution in [0.25, 0.3) is 0 Å². The maximum Gasteiger partial charge on any atom is 0.193 e. The molecule has 1 aliphatic rings. The van der Waals surface area contributed by atoms with Gasteiger partial charge in [0.1, 0.15) is 11.5 Å². The highest BCUT2D eigenvalue weighted by Crippen LogP contribution is 2.33. The molecule has 1 aromatic heterocycles. The standard InChI is InChI=1S/C23H35N5O2.HI/c1-7-21-20(22(8-2)27(4)26-21)14-25-23(24-3)28-10-9-16(15-28)17-11-18(29-5)13-19(12-17)30-6;/h11-13,16H,7-10,14-15H2,1-6H3,(H,24,25);1H. The van der Waals surface area contributed by atoms with Gasteiger partial charge in [-0.2, -0.15) is 5.10 Å². The van der Waals surface area contributed by atoms with Crippen molar-refractivity contribution in [1.82, 2.24) is 20.0 Å². The second-order valence-electron chi connectivity index (χ2n) is 7.68. The van der Waals surface area contributed by atoms with E-state index < -0.39 is 0 Å². The molecule has 2 aromatic rings. The molecule has 1 fully saturated rings. The zero-order valence-electron chi connectivity index (χ0n) is 19.6. The third kappa shape index (κ3) is 5.64. The van der Waals surface area contributed by atoms with E-state index in [1.807, 2.05) is 24.8 Å². The van der Waals surface area contributed by atoms with Crippen LogP contribution in [0, 0.1) is 0 Å². The predicted molar refractivity (Wildman–Crippen MR) is 136 cm³/mol. The van der Waals surface area contributed by atoms with Crippen molar-refractivity contribution in [3.8, 4) is 11.5 Å². The number of aliphatic imine (C=N–C) groups is 1. The van der Waals surface area contributed by atoms with Crippen LogP contribution >= 0.6 is 24.0 Å². The maximum atomic E-state index is 5.45. The Kier molecular flexibility index (Phi) is 9.46. The van der Waals surface area contributed by atoms with Gasteiger partial charge >= 0.3 is 0 Å². The van der Waals surface area contributed by atoms with Crippen molar-refractivity contribution in [3.05, 3.63) is 40.7 Å². The first-order valence-corrected chi connectivity index (χ1v) is 10.8. The molecule has 7 nitrogen and oxygen atoms in total. The second kappa shape index (κ2) is 11.6. The SMILES string of the molecule is CCc1nn(C)c(CC)c1CNC(=NC)N1CCC(c2cc(OC)cc(OC)c2)C1.I. The predicted octanol–water partition coefficient (Wildman–Crippen LogP) is 3.75. The summed E-state index contributed by atoms with van der Waals surface area (Å²) in [5.41, 5.74) is 5.01. The molecule has 0 saturated carbocycles. The Morgan fingerprint density at radius 3 is 2.39 bits per heavy atom. The van der Waals surface area contributed by atoms with E-state index >= 15 is 0 Å². The van der Waals surface area contributed by atoms with E-state index in [2.05, 4.69) is 46.3 Å². The van der Waals surface area contributed by atoms with Gasteiger partial charge in [0.25, 0.3) is 0 Å². The quantitative estimate of drug-likeness (QED) is 0.329. The average Bonchev–Trinajstić information content (AvgIpc) is 3.38. The fourth-order valence-electron chi connectivity index (χ4n) is 4.38. The van der Waals surface area contributed by atoms with Gasteiger partial charge in [0.05, 0.1) is 19.9 Å². The first-order chi connectivity index (χ1) is 14.5. The maximum absolute atomic E-state index is 5.45. The Morgan fingerprint density at radius 1 is 1.16 bits per heavy atom. The largest absolute Gasteiger partial charge is 0.497 e. The molecule has 0 bridgehead atoms. The molecular formula is C23H36IN5O2. The monoisotopic (exact) mass is 541 g/mol. The number of ether oxygens (including phenoxy) is 2. The van der Waals surface area contributed by atoms with Crippen LogP contribution < -0.4 is 14.8 Å². The van der Waals surface area contributed by atoms with Crippen molar-refractivity contribution in [3.63, 3.8) is 0 Å². The molecule has 2 heterocycles. The lowest BCUT2D eigenvalue weighted by molar-refractivity contribution is 0.392. The molecule has 8 heteroatoms. The molecule has 1 saturated heterocycles. The van der Waals surface area contributed by atoms with Gasteiger partial charge in [-0.05, 0) is 37.0 Å². The number of guanidine groups is 1. The summed E-state index contributed by atoms with van der Waals surface area (Å²) in [6, 6.07) is 6.15. The number of rotatable bonds is 7.